The number of rotatable bonds is 0. The summed E-state index contributed by atoms with van der Waals surface area (Å²) in [4.78, 5) is 23.9. The van der Waals surface area contributed by atoms with Crippen LogP contribution in [-0.4, -0.2) is 34.0 Å². The molecule has 1 aromatic rings. The highest BCUT2D eigenvalue weighted by Gasteiger charge is 2.38. The standard InChI is InChI=1S/C9H6ClNO4.C2H6/c1-11-8(14)5-3(10)2-4(12)7(13)6(5)9(11)15;1-2/h2,12-13H,1H3;1-2H3. The number of benzene rings is 1. The summed E-state index contributed by atoms with van der Waals surface area (Å²) < 4.78 is 0. The van der Waals surface area contributed by atoms with Crippen molar-refractivity contribution in [3.05, 3.63) is 22.2 Å². The molecule has 0 fully saturated rings. The van der Waals surface area contributed by atoms with E-state index in [2.05, 4.69) is 0 Å². The predicted octanol–water partition coefficient (Wildman–Crippen LogP) is 2.00. The van der Waals surface area contributed by atoms with Crippen LogP contribution in [0.4, 0.5) is 0 Å². The Kier molecular flexibility index (Phi) is 3.63. The molecule has 0 aromatic heterocycles. The molecule has 0 radical (unpaired) electrons. The van der Waals surface area contributed by atoms with Gasteiger partial charge in [0.25, 0.3) is 11.8 Å². The van der Waals surface area contributed by atoms with Crippen molar-refractivity contribution in [3.63, 3.8) is 0 Å². The molecule has 0 spiro atoms. The van der Waals surface area contributed by atoms with Gasteiger partial charge in [-0.25, -0.2) is 0 Å². The number of carbonyl (C=O) groups excluding carboxylic acids is 2. The van der Waals surface area contributed by atoms with E-state index >= 15 is 0 Å². The maximum atomic E-state index is 11.5. The Morgan fingerprint density at radius 3 is 2.12 bits per heavy atom. The van der Waals surface area contributed by atoms with E-state index in [4.69, 9.17) is 11.6 Å². The van der Waals surface area contributed by atoms with Crippen molar-refractivity contribution in [1.82, 2.24) is 4.90 Å². The van der Waals surface area contributed by atoms with Crippen molar-refractivity contribution < 1.29 is 19.8 Å². The predicted molar refractivity (Wildman–Crippen MR) is 62.6 cm³/mol. The Morgan fingerprint density at radius 1 is 1.12 bits per heavy atom. The van der Waals surface area contributed by atoms with Gasteiger partial charge in [0, 0.05) is 13.1 Å². The number of fused-ring (bicyclic) bond motifs is 1. The third-order valence-corrected chi connectivity index (χ3v) is 2.57. The molecular weight excluding hydrogens is 246 g/mol. The van der Waals surface area contributed by atoms with Crippen LogP contribution in [0.3, 0.4) is 0 Å². The average molecular weight is 258 g/mol. The van der Waals surface area contributed by atoms with Gasteiger partial charge in [0.2, 0.25) is 0 Å². The molecule has 0 saturated heterocycles. The molecule has 2 amide bonds. The van der Waals surface area contributed by atoms with Gasteiger partial charge >= 0.3 is 0 Å². The Morgan fingerprint density at radius 2 is 1.59 bits per heavy atom. The van der Waals surface area contributed by atoms with E-state index < -0.39 is 23.3 Å². The second kappa shape index (κ2) is 4.63. The lowest BCUT2D eigenvalue weighted by Crippen LogP contribution is -2.24. The molecule has 1 heterocycles. The van der Waals surface area contributed by atoms with Crippen molar-refractivity contribution in [1.29, 1.82) is 0 Å². The Balaban J connectivity index is 0.000000686. The minimum Gasteiger partial charge on any atom is -0.504 e. The first-order chi connectivity index (χ1) is 7.95. The van der Waals surface area contributed by atoms with E-state index in [0.717, 1.165) is 11.0 Å². The van der Waals surface area contributed by atoms with Crippen molar-refractivity contribution in [2.24, 2.45) is 0 Å². The summed E-state index contributed by atoms with van der Waals surface area (Å²) in [7, 11) is 1.28. The van der Waals surface area contributed by atoms with Crippen LogP contribution in [0.5, 0.6) is 11.5 Å². The molecule has 92 valence electrons. The molecule has 6 heteroatoms. The Bertz CT molecular complexity index is 499. The molecule has 5 nitrogen and oxygen atoms in total. The van der Waals surface area contributed by atoms with Crippen molar-refractivity contribution in [2.45, 2.75) is 13.8 Å². The normalized spacial score (nSPS) is 13.3. The summed E-state index contributed by atoms with van der Waals surface area (Å²) in [6.07, 6.45) is 0. The van der Waals surface area contributed by atoms with Gasteiger partial charge in [0.15, 0.2) is 11.5 Å². The first kappa shape index (κ1) is 13.3. The fraction of sp³-hybridized carbons (Fsp3) is 0.273. The SMILES string of the molecule is CC.CN1C(=O)c2c(Cl)cc(O)c(O)c2C1=O. The van der Waals surface area contributed by atoms with Gasteiger partial charge in [-0.2, -0.15) is 0 Å². The highest BCUT2D eigenvalue weighted by molar-refractivity contribution is 6.37. The second-order valence-electron chi connectivity index (χ2n) is 3.15. The number of aromatic hydroxyl groups is 2. The number of hydrogen-bond acceptors (Lipinski definition) is 4. The molecule has 2 rings (SSSR count). The van der Waals surface area contributed by atoms with E-state index in [-0.39, 0.29) is 16.1 Å². The molecule has 1 aliphatic heterocycles. The molecule has 0 atom stereocenters. The van der Waals surface area contributed by atoms with E-state index in [9.17, 15) is 19.8 Å². The number of halogens is 1. The van der Waals surface area contributed by atoms with Gasteiger partial charge in [0.1, 0.15) is 0 Å². The maximum absolute atomic E-state index is 11.5. The van der Waals surface area contributed by atoms with Crippen LogP contribution in [0.1, 0.15) is 34.6 Å². The van der Waals surface area contributed by atoms with Gasteiger partial charge in [-0.05, 0) is 0 Å². The number of phenolic OH excluding ortho intramolecular Hbond substituents is 2. The topological polar surface area (TPSA) is 77.8 Å². The zero-order chi connectivity index (χ0) is 13.3. The largest absolute Gasteiger partial charge is 0.504 e. The lowest BCUT2D eigenvalue weighted by Gasteiger charge is -2.03. The lowest BCUT2D eigenvalue weighted by atomic mass is 10.1. The van der Waals surface area contributed by atoms with E-state index in [1.54, 1.807) is 0 Å². The number of carbonyl (C=O) groups is 2. The van der Waals surface area contributed by atoms with Gasteiger partial charge < -0.3 is 10.2 Å². The van der Waals surface area contributed by atoms with Crippen LogP contribution < -0.4 is 0 Å². The molecule has 1 aromatic carbocycles. The Labute approximate surface area is 103 Å². The fourth-order valence-electron chi connectivity index (χ4n) is 1.47. The summed E-state index contributed by atoms with van der Waals surface area (Å²) in [6.45, 7) is 4.00. The van der Waals surface area contributed by atoms with Crippen LogP contribution in [-0.2, 0) is 0 Å². The molecule has 0 aliphatic carbocycles. The number of phenols is 2. The zero-order valence-corrected chi connectivity index (χ0v) is 10.4. The number of hydrogen-bond donors (Lipinski definition) is 2. The van der Waals surface area contributed by atoms with Gasteiger partial charge in [-0.15, -0.1) is 0 Å². The number of amides is 2. The zero-order valence-electron chi connectivity index (χ0n) is 9.61. The Hall–Kier alpha value is -1.75. The van der Waals surface area contributed by atoms with E-state index in [1.807, 2.05) is 13.8 Å². The third-order valence-electron chi connectivity index (χ3n) is 2.27. The summed E-state index contributed by atoms with van der Waals surface area (Å²) >= 11 is 5.70. The average Bonchev–Trinajstić information content (AvgIpc) is 2.54. The number of imide groups is 1. The highest BCUT2D eigenvalue weighted by Crippen LogP contribution is 2.40. The summed E-state index contributed by atoms with van der Waals surface area (Å²) in [5.41, 5.74) is -0.313. The quantitative estimate of drug-likeness (QED) is 0.550. The molecule has 2 N–H and O–H groups in total. The molecular formula is C11H12ClNO4. The molecule has 0 bridgehead atoms. The van der Waals surface area contributed by atoms with E-state index in [0.29, 0.717) is 0 Å². The summed E-state index contributed by atoms with van der Waals surface area (Å²) in [5.74, 6) is -2.40. The monoisotopic (exact) mass is 257 g/mol. The molecule has 17 heavy (non-hydrogen) atoms. The number of nitrogens with zero attached hydrogens (tertiary/aromatic N) is 1. The van der Waals surface area contributed by atoms with Gasteiger partial charge in [-0.1, -0.05) is 25.4 Å². The van der Waals surface area contributed by atoms with E-state index in [1.165, 1.54) is 7.05 Å². The summed E-state index contributed by atoms with van der Waals surface area (Å²) in [6, 6.07) is 1.03. The summed E-state index contributed by atoms with van der Waals surface area (Å²) in [5, 5.41) is 18.6. The van der Waals surface area contributed by atoms with Crippen LogP contribution in [0, 0.1) is 0 Å². The smallest absolute Gasteiger partial charge is 0.265 e. The molecule has 1 aliphatic rings. The van der Waals surface area contributed by atoms with Crippen LogP contribution in [0.15, 0.2) is 6.07 Å². The molecule has 0 unspecified atom stereocenters. The first-order valence-corrected chi connectivity index (χ1v) is 5.39. The molecule has 0 saturated carbocycles. The first-order valence-electron chi connectivity index (χ1n) is 5.02. The van der Waals surface area contributed by atoms with Crippen LogP contribution in [0.25, 0.3) is 0 Å². The fourth-order valence-corrected chi connectivity index (χ4v) is 1.75. The maximum Gasteiger partial charge on any atom is 0.265 e. The van der Waals surface area contributed by atoms with Crippen molar-refractivity contribution in [3.8, 4) is 11.5 Å². The third kappa shape index (κ3) is 1.82. The minimum atomic E-state index is -0.676. The van der Waals surface area contributed by atoms with Crippen LogP contribution in [0.2, 0.25) is 5.02 Å². The lowest BCUT2D eigenvalue weighted by molar-refractivity contribution is 0.0692. The second-order valence-corrected chi connectivity index (χ2v) is 3.55. The minimum absolute atomic E-state index is 0.0528. The van der Waals surface area contributed by atoms with Crippen molar-refractivity contribution >= 4 is 23.4 Å². The highest BCUT2D eigenvalue weighted by atomic mass is 35.5. The van der Waals surface area contributed by atoms with Gasteiger partial charge in [0.05, 0.1) is 16.1 Å². The van der Waals surface area contributed by atoms with Gasteiger partial charge in [-0.3, -0.25) is 14.5 Å². The van der Waals surface area contributed by atoms with Crippen LogP contribution >= 0.6 is 11.6 Å². The van der Waals surface area contributed by atoms with Crippen molar-refractivity contribution in [2.75, 3.05) is 7.05 Å².